The van der Waals surface area contributed by atoms with Crippen LogP contribution in [-0.4, -0.2) is 24.0 Å². The Labute approximate surface area is 122 Å². The molecule has 0 amide bonds. The fourth-order valence-electron chi connectivity index (χ4n) is 3.98. The molecular formula is C16H25ClN2. The number of halogens is 1. The summed E-state index contributed by atoms with van der Waals surface area (Å²) >= 11 is 0. The van der Waals surface area contributed by atoms with Crippen LogP contribution in [0.1, 0.15) is 37.8 Å². The Morgan fingerprint density at radius 1 is 1.21 bits per heavy atom. The highest BCUT2D eigenvalue weighted by atomic mass is 35.5. The van der Waals surface area contributed by atoms with Crippen LogP contribution < -0.4 is 5.73 Å². The molecule has 1 heterocycles. The highest BCUT2D eigenvalue weighted by Crippen LogP contribution is 2.41. The van der Waals surface area contributed by atoms with Crippen molar-refractivity contribution in [1.82, 2.24) is 4.90 Å². The lowest BCUT2D eigenvalue weighted by Crippen LogP contribution is -2.32. The zero-order valence-corrected chi connectivity index (χ0v) is 12.5. The lowest BCUT2D eigenvalue weighted by atomic mass is 9.98. The Morgan fingerprint density at radius 2 is 1.95 bits per heavy atom. The van der Waals surface area contributed by atoms with Crippen molar-refractivity contribution in [2.24, 2.45) is 17.6 Å². The minimum atomic E-state index is 0. The van der Waals surface area contributed by atoms with Crippen LogP contribution in [0.4, 0.5) is 0 Å². The van der Waals surface area contributed by atoms with Gasteiger partial charge in [0, 0.05) is 25.2 Å². The van der Waals surface area contributed by atoms with Crippen LogP contribution in [0, 0.1) is 11.8 Å². The number of benzene rings is 1. The molecule has 19 heavy (non-hydrogen) atoms. The Balaban J connectivity index is 0.00000133. The molecule has 1 aromatic carbocycles. The summed E-state index contributed by atoms with van der Waals surface area (Å²) in [5, 5.41) is 0. The average Bonchev–Trinajstić information content (AvgIpc) is 2.95. The van der Waals surface area contributed by atoms with Crippen molar-refractivity contribution in [2.75, 3.05) is 13.1 Å². The number of hydrogen-bond acceptors (Lipinski definition) is 2. The summed E-state index contributed by atoms with van der Waals surface area (Å²) in [4.78, 5) is 2.67. The third-order valence-electron chi connectivity index (χ3n) is 4.95. The summed E-state index contributed by atoms with van der Waals surface area (Å²) in [6, 6.07) is 12.0. The first-order chi connectivity index (χ1) is 8.79. The van der Waals surface area contributed by atoms with Crippen molar-refractivity contribution in [3.05, 3.63) is 35.9 Å². The van der Waals surface area contributed by atoms with Crippen molar-refractivity contribution in [1.29, 1.82) is 0 Å². The Morgan fingerprint density at radius 3 is 2.58 bits per heavy atom. The minimum absolute atomic E-state index is 0. The van der Waals surface area contributed by atoms with Gasteiger partial charge in [-0.05, 0) is 36.7 Å². The first-order valence-electron chi connectivity index (χ1n) is 7.34. The molecule has 2 nitrogen and oxygen atoms in total. The second kappa shape index (κ2) is 6.25. The molecule has 1 aliphatic carbocycles. The highest BCUT2D eigenvalue weighted by Gasteiger charge is 2.42. The molecule has 3 heteroatoms. The van der Waals surface area contributed by atoms with E-state index in [1.54, 1.807) is 0 Å². The number of likely N-dealkylation sites (tertiary alicyclic amines) is 1. The van der Waals surface area contributed by atoms with Crippen molar-refractivity contribution < 1.29 is 0 Å². The molecule has 2 fully saturated rings. The molecule has 2 aliphatic rings. The van der Waals surface area contributed by atoms with Gasteiger partial charge in [0.25, 0.3) is 0 Å². The summed E-state index contributed by atoms with van der Waals surface area (Å²) in [5.41, 5.74) is 7.70. The fraction of sp³-hybridized carbons (Fsp3) is 0.625. The average molecular weight is 281 g/mol. The maximum Gasteiger partial charge on any atom is 0.0345 e. The Kier molecular flexibility index (Phi) is 4.88. The Bertz CT molecular complexity index is 395. The van der Waals surface area contributed by atoms with E-state index in [1.165, 1.54) is 37.9 Å². The summed E-state index contributed by atoms with van der Waals surface area (Å²) in [7, 11) is 0. The topological polar surface area (TPSA) is 29.3 Å². The van der Waals surface area contributed by atoms with Gasteiger partial charge in [-0.1, -0.05) is 37.3 Å². The summed E-state index contributed by atoms with van der Waals surface area (Å²) < 4.78 is 0. The number of nitrogens with two attached hydrogens (primary N) is 1. The molecule has 4 unspecified atom stereocenters. The molecule has 2 N–H and O–H groups in total. The predicted molar refractivity (Wildman–Crippen MR) is 82.5 cm³/mol. The van der Waals surface area contributed by atoms with E-state index in [0.717, 1.165) is 11.8 Å². The molecule has 1 saturated heterocycles. The molecule has 106 valence electrons. The third-order valence-corrected chi connectivity index (χ3v) is 4.95. The van der Waals surface area contributed by atoms with E-state index < -0.39 is 0 Å². The standard InChI is InChI=1S/C16H24N2.ClH/c1-2-16(12-6-4-3-5-7-12)18-10-13-8-9-15(17)14(13)11-18;/h3-7,13-16H,2,8-11,17H2,1H3;1H. The monoisotopic (exact) mass is 280 g/mol. The molecule has 0 bridgehead atoms. The van der Waals surface area contributed by atoms with Crippen LogP contribution in [0.15, 0.2) is 30.3 Å². The lowest BCUT2D eigenvalue weighted by Gasteiger charge is -2.28. The first-order valence-corrected chi connectivity index (χ1v) is 7.34. The van der Waals surface area contributed by atoms with E-state index in [9.17, 15) is 0 Å². The van der Waals surface area contributed by atoms with Gasteiger partial charge in [0.05, 0.1) is 0 Å². The number of fused-ring (bicyclic) bond motifs is 1. The van der Waals surface area contributed by atoms with Crippen LogP contribution in [0.25, 0.3) is 0 Å². The molecule has 0 aromatic heterocycles. The molecular weight excluding hydrogens is 256 g/mol. The SMILES string of the molecule is CCC(c1ccccc1)N1CC2CCC(N)C2C1.Cl. The normalized spacial score (nSPS) is 31.8. The van der Waals surface area contributed by atoms with Gasteiger partial charge in [-0.25, -0.2) is 0 Å². The van der Waals surface area contributed by atoms with Gasteiger partial charge < -0.3 is 5.73 Å². The molecule has 3 rings (SSSR count). The number of hydrogen-bond donors (Lipinski definition) is 1. The van der Waals surface area contributed by atoms with E-state index in [1.807, 2.05) is 0 Å². The first kappa shape index (κ1) is 14.8. The summed E-state index contributed by atoms with van der Waals surface area (Å²) in [5.74, 6) is 1.61. The largest absolute Gasteiger partial charge is 0.327 e. The second-order valence-electron chi connectivity index (χ2n) is 5.95. The smallest absolute Gasteiger partial charge is 0.0345 e. The van der Waals surface area contributed by atoms with Crippen molar-refractivity contribution >= 4 is 12.4 Å². The number of rotatable bonds is 3. The molecule has 0 radical (unpaired) electrons. The van der Waals surface area contributed by atoms with Crippen molar-refractivity contribution in [3.8, 4) is 0 Å². The minimum Gasteiger partial charge on any atom is -0.327 e. The molecule has 1 saturated carbocycles. The third kappa shape index (κ3) is 2.81. The van der Waals surface area contributed by atoms with Crippen molar-refractivity contribution in [2.45, 2.75) is 38.3 Å². The fourth-order valence-corrected chi connectivity index (χ4v) is 3.98. The second-order valence-corrected chi connectivity index (χ2v) is 5.95. The van der Waals surface area contributed by atoms with Crippen LogP contribution in [0.2, 0.25) is 0 Å². The van der Waals surface area contributed by atoms with Gasteiger partial charge in [0.1, 0.15) is 0 Å². The number of nitrogens with zero attached hydrogens (tertiary/aromatic N) is 1. The Hall–Kier alpha value is -0.570. The highest BCUT2D eigenvalue weighted by molar-refractivity contribution is 5.85. The van der Waals surface area contributed by atoms with Gasteiger partial charge in [-0.15, -0.1) is 12.4 Å². The van der Waals surface area contributed by atoms with E-state index in [-0.39, 0.29) is 12.4 Å². The summed E-state index contributed by atoms with van der Waals surface area (Å²) in [6.07, 6.45) is 3.78. The van der Waals surface area contributed by atoms with Gasteiger partial charge >= 0.3 is 0 Å². The van der Waals surface area contributed by atoms with Crippen LogP contribution >= 0.6 is 12.4 Å². The maximum atomic E-state index is 6.24. The van der Waals surface area contributed by atoms with Crippen LogP contribution in [-0.2, 0) is 0 Å². The van der Waals surface area contributed by atoms with E-state index in [2.05, 4.69) is 42.2 Å². The molecule has 1 aromatic rings. The van der Waals surface area contributed by atoms with E-state index in [4.69, 9.17) is 5.73 Å². The summed E-state index contributed by atoms with van der Waals surface area (Å²) in [6.45, 7) is 4.76. The van der Waals surface area contributed by atoms with Gasteiger partial charge in [-0.3, -0.25) is 4.90 Å². The lowest BCUT2D eigenvalue weighted by molar-refractivity contribution is 0.218. The molecule has 0 spiro atoms. The zero-order valence-electron chi connectivity index (χ0n) is 11.7. The zero-order chi connectivity index (χ0) is 12.5. The quantitative estimate of drug-likeness (QED) is 0.921. The van der Waals surface area contributed by atoms with E-state index in [0.29, 0.717) is 12.1 Å². The van der Waals surface area contributed by atoms with Gasteiger partial charge in [0.15, 0.2) is 0 Å². The molecule has 4 atom stereocenters. The molecule has 1 aliphatic heterocycles. The predicted octanol–water partition coefficient (Wildman–Crippen LogP) is 3.23. The van der Waals surface area contributed by atoms with Crippen LogP contribution in [0.3, 0.4) is 0 Å². The van der Waals surface area contributed by atoms with Crippen LogP contribution in [0.5, 0.6) is 0 Å². The maximum absolute atomic E-state index is 6.24. The van der Waals surface area contributed by atoms with E-state index >= 15 is 0 Å². The van der Waals surface area contributed by atoms with Gasteiger partial charge in [-0.2, -0.15) is 0 Å². The van der Waals surface area contributed by atoms with Crippen molar-refractivity contribution in [3.63, 3.8) is 0 Å². The van der Waals surface area contributed by atoms with Gasteiger partial charge in [0.2, 0.25) is 0 Å².